The molecule has 2 amide bonds. The van der Waals surface area contributed by atoms with Crippen molar-refractivity contribution >= 4 is 34.9 Å². The molecule has 0 bridgehead atoms. The van der Waals surface area contributed by atoms with Crippen molar-refractivity contribution in [2.75, 3.05) is 63.9 Å². The number of carbonyl (C=O) groups excluding carboxylic acids is 1. The molecular weight excluding hydrogens is 591 g/mol. The van der Waals surface area contributed by atoms with E-state index in [9.17, 15) is 4.79 Å². The molecular formula is C31H40Cl2N6O4. The van der Waals surface area contributed by atoms with Gasteiger partial charge in [-0.1, -0.05) is 42.6 Å². The van der Waals surface area contributed by atoms with Gasteiger partial charge in [-0.15, -0.1) is 0 Å². The molecule has 3 aromatic rings. The summed E-state index contributed by atoms with van der Waals surface area (Å²) in [7, 11) is 0. The number of imidazole rings is 1. The van der Waals surface area contributed by atoms with Gasteiger partial charge in [-0.25, -0.2) is 9.78 Å². The number of carbonyl (C=O) groups is 1. The van der Waals surface area contributed by atoms with Gasteiger partial charge in [0.05, 0.1) is 24.5 Å². The van der Waals surface area contributed by atoms with E-state index in [1.54, 1.807) is 24.7 Å². The van der Waals surface area contributed by atoms with Crippen LogP contribution in [0.15, 0.2) is 61.2 Å². The third-order valence-electron chi connectivity index (χ3n) is 7.69. The first-order valence-electron chi connectivity index (χ1n) is 14.9. The monoisotopic (exact) mass is 630 g/mol. The summed E-state index contributed by atoms with van der Waals surface area (Å²) in [5, 5.41) is 6.86. The number of hydrogen-bond donors (Lipinski definition) is 2. The summed E-state index contributed by atoms with van der Waals surface area (Å²) < 4.78 is 20.8. The van der Waals surface area contributed by atoms with Gasteiger partial charge in [0.15, 0.2) is 0 Å². The number of anilines is 1. The zero-order valence-corrected chi connectivity index (χ0v) is 26.0. The fourth-order valence-electron chi connectivity index (χ4n) is 5.32. The highest BCUT2D eigenvalue weighted by molar-refractivity contribution is 6.35. The third-order valence-corrected chi connectivity index (χ3v) is 8.24. The molecule has 43 heavy (non-hydrogen) atoms. The molecule has 0 radical (unpaired) electrons. The topological polar surface area (TPSA) is 93.1 Å². The van der Waals surface area contributed by atoms with E-state index in [-0.39, 0.29) is 12.1 Å². The van der Waals surface area contributed by atoms with Crippen LogP contribution in [0.25, 0.3) is 0 Å². The van der Waals surface area contributed by atoms with Gasteiger partial charge in [0.25, 0.3) is 0 Å². The largest absolute Gasteiger partial charge is 0.491 e. The van der Waals surface area contributed by atoms with Crippen molar-refractivity contribution in [1.29, 1.82) is 0 Å². The number of nitrogens with one attached hydrogen (secondary N) is 2. The number of hydrogen-bond acceptors (Lipinski definition) is 7. The van der Waals surface area contributed by atoms with E-state index in [0.717, 1.165) is 63.5 Å². The minimum atomic E-state index is -1.08. The van der Waals surface area contributed by atoms with Gasteiger partial charge in [-0.2, -0.15) is 0 Å². The first kappa shape index (κ1) is 31.4. The molecule has 0 unspecified atom stereocenters. The molecule has 2 aliphatic heterocycles. The third kappa shape index (κ3) is 8.55. The Labute approximate surface area is 263 Å². The molecule has 10 nitrogen and oxygen atoms in total. The fourth-order valence-corrected chi connectivity index (χ4v) is 5.87. The van der Waals surface area contributed by atoms with Gasteiger partial charge in [-0.3, -0.25) is 4.90 Å². The van der Waals surface area contributed by atoms with Crippen LogP contribution >= 0.6 is 23.2 Å². The molecule has 1 aromatic heterocycles. The number of rotatable bonds is 13. The van der Waals surface area contributed by atoms with Crippen LogP contribution in [0.3, 0.4) is 0 Å². The molecule has 3 heterocycles. The van der Waals surface area contributed by atoms with Crippen LogP contribution in [0.4, 0.5) is 10.5 Å². The molecule has 232 valence electrons. The zero-order chi connectivity index (χ0) is 30.1. The summed E-state index contributed by atoms with van der Waals surface area (Å²) in [6, 6.07) is 13.4. The average Bonchev–Trinajstić information content (AvgIpc) is 3.67. The molecule has 2 aromatic carbocycles. The van der Waals surface area contributed by atoms with Crippen LogP contribution in [0.2, 0.25) is 10.0 Å². The summed E-state index contributed by atoms with van der Waals surface area (Å²) in [5.74, 6) is -0.314. The van der Waals surface area contributed by atoms with Crippen molar-refractivity contribution < 1.29 is 19.0 Å². The molecule has 0 saturated carbocycles. The minimum absolute atomic E-state index is 0.0822. The molecule has 2 fully saturated rings. The maximum absolute atomic E-state index is 11.8. The first-order valence-corrected chi connectivity index (χ1v) is 15.6. The summed E-state index contributed by atoms with van der Waals surface area (Å²) in [6.07, 6.45) is 7.07. The lowest BCUT2D eigenvalue weighted by Gasteiger charge is -2.36. The lowest BCUT2D eigenvalue weighted by Crippen LogP contribution is -2.49. The lowest BCUT2D eigenvalue weighted by molar-refractivity contribution is -0.189. The molecule has 0 aliphatic carbocycles. The van der Waals surface area contributed by atoms with Crippen LogP contribution in [0.1, 0.15) is 25.3 Å². The number of halogens is 2. The molecule has 2 aliphatic rings. The molecule has 2 atom stereocenters. The SMILES string of the molecule is CCCCNC(=O)NCCN1CCN(c2ccc(OC[C@@H]3CO[C@@](Cn4ccnc4)(c4ccc(Cl)cc4Cl)O3)cc2)CC1. The highest BCUT2D eigenvalue weighted by Gasteiger charge is 2.45. The number of amides is 2. The van der Waals surface area contributed by atoms with Crippen molar-refractivity contribution in [2.24, 2.45) is 0 Å². The van der Waals surface area contributed by atoms with Crippen LogP contribution in [0, 0.1) is 0 Å². The van der Waals surface area contributed by atoms with E-state index in [2.05, 4.69) is 44.5 Å². The van der Waals surface area contributed by atoms with Crippen molar-refractivity contribution in [3.63, 3.8) is 0 Å². The number of benzene rings is 2. The number of urea groups is 1. The quantitative estimate of drug-likeness (QED) is 0.263. The normalized spacial score (nSPS) is 20.7. The van der Waals surface area contributed by atoms with Gasteiger partial charge in [-0.05, 0) is 42.8 Å². The van der Waals surface area contributed by atoms with E-state index in [1.807, 2.05) is 29.0 Å². The summed E-state index contributed by atoms with van der Waals surface area (Å²) in [5.41, 5.74) is 1.88. The lowest BCUT2D eigenvalue weighted by atomic mass is 10.1. The molecule has 0 spiro atoms. The van der Waals surface area contributed by atoms with Crippen molar-refractivity contribution in [3.8, 4) is 5.75 Å². The Kier molecular flexibility index (Phi) is 11.0. The van der Waals surface area contributed by atoms with Gasteiger partial charge in [0.1, 0.15) is 18.5 Å². The molecule has 12 heteroatoms. The van der Waals surface area contributed by atoms with E-state index >= 15 is 0 Å². The van der Waals surface area contributed by atoms with Gasteiger partial charge in [0, 0.05) is 74.5 Å². The number of nitrogens with zero attached hydrogens (tertiary/aromatic N) is 4. The van der Waals surface area contributed by atoms with E-state index in [4.69, 9.17) is 37.4 Å². The number of ether oxygens (including phenoxy) is 3. The Bertz CT molecular complexity index is 1300. The van der Waals surface area contributed by atoms with E-state index < -0.39 is 5.79 Å². The van der Waals surface area contributed by atoms with Crippen molar-refractivity contribution in [2.45, 2.75) is 38.2 Å². The molecule has 2 saturated heterocycles. The number of piperazine rings is 1. The molecule has 5 rings (SSSR count). The Hall–Kier alpha value is -3.02. The van der Waals surface area contributed by atoms with Crippen molar-refractivity contribution in [1.82, 2.24) is 25.1 Å². The predicted molar refractivity (Wildman–Crippen MR) is 168 cm³/mol. The standard InChI is InChI=1S/C31H40Cl2N6O4/c1-2-3-10-35-30(40)36-12-14-37-15-17-39(18-16-37)25-5-7-26(8-6-25)41-20-27-21-42-31(43-27,22-38-13-11-34-23-38)28-9-4-24(32)19-29(28)33/h4-9,11,13,19,23,27H,2-3,10,12,14-18,20-22H2,1H3,(H2,35,36,40)/t27-,31-/m1/s1. The summed E-state index contributed by atoms with van der Waals surface area (Å²) >= 11 is 12.7. The Morgan fingerprint density at radius 3 is 2.60 bits per heavy atom. The minimum Gasteiger partial charge on any atom is -0.491 e. The van der Waals surface area contributed by atoms with Crippen LogP contribution in [-0.2, 0) is 21.8 Å². The van der Waals surface area contributed by atoms with Crippen LogP contribution < -0.4 is 20.3 Å². The predicted octanol–water partition coefficient (Wildman–Crippen LogP) is 4.76. The second kappa shape index (κ2) is 15.1. The van der Waals surface area contributed by atoms with Crippen molar-refractivity contribution in [3.05, 3.63) is 76.8 Å². The Balaban J connectivity index is 1.08. The highest BCUT2D eigenvalue weighted by atomic mass is 35.5. The van der Waals surface area contributed by atoms with Crippen LogP contribution in [-0.4, -0.2) is 85.6 Å². The maximum Gasteiger partial charge on any atom is 0.314 e. The van der Waals surface area contributed by atoms with Gasteiger partial charge >= 0.3 is 6.03 Å². The zero-order valence-electron chi connectivity index (χ0n) is 24.5. The Morgan fingerprint density at radius 2 is 1.88 bits per heavy atom. The first-order chi connectivity index (χ1) is 20.9. The number of unbranched alkanes of at least 4 members (excludes halogenated alkanes) is 1. The summed E-state index contributed by atoms with van der Waals surface area (Å²) in [6.45, 7) is 9.18. The summed E-state index contributed by atoms with van der Waals surface area (Å²) in [4.78, 5) is 20.7. The van der Waals surface area contributed by atoms with Gasteiger partial charge in [0.2, 0.25) is 5.79 Å². The number of aromatic nitrogens is 2. The molecule has 2 N–H and O–H groups in total. The van der Waals surface area contributed by atoms with E-state index in [0.29, 0.717) is 41.9 Å². The fraction of sp³-hybridized carbons (Fsp3) is 0.484. The second-order valence-corrected chi connectivity index (χ2v) is 11.7. The second-order valence-electron chi connectivity index (χ2n) is 10.8. The van der Waals surface area contributed by atoms with Crippen LogP contribution in [0.5, 0.6) is 5.75 Å². The van der Waals surface area contributed by atoms with Gasteiger partial charge < -0.3 is 34.3 Å². The smallest absolute Gasteiger partial charge is 0.314 e. The van der Waals surface area contributed by atoms with E-state index in [1.165, 1.54) is 0 Å². The average molecular weight is 632 g/mol. The maximum atomic E-state index is 11.8. The highest BCUT2D eigenvalue weighted by Crippen LogP contribution is 2.40. The Morgan fingerprint density at radius 1 is 1.09 bits per heavy atom.